The average molecular weight is 207 g/mol. The second-order valence-electron chi connectivity index (χ2n) is 2.89. The molecule has 0 amide bonds. The number of aromatic hydroxyl groups is 1. The van der Waals surface area contributed by atoms with Gasteiger partial charge in [-0.05, 0) is 12.1 Å². The minimum Gasteiger partial charge on any atom is -0.507 e. The fourth-order valence-electron chi connectivity index (χ4n) is 1.05. The third kappa shape index (κ3) is 3.44. The van der Waals surface area contributed by atoms with Gasteiger partial charge < -0.3 is 15.5 Å². The van der Waals surface area contributed by atoms with Gasteiger partial charge in [0.25, 0.3) is 0 Å². The number of phenolic OH excluding ortho intramolecular Hbond substituents is 1. The molecule has 0 unspecified atom stereocenters. The number of hydrogen-bond acceptors (Lipinski definition) is 4. The number of allylic oxidation sites excluding steroid dienone is 1. The van der Waals surface area contributed by atoms with Crippen molar-refractivity contribution in [2.24, 2.45) is 0 Å². The van der Waals surface area contributed by atoms with E-state index in [4.69, 9.17) is 5.11 Å². The van der Waals surface area contributed by atoms with Crippen molar-refractivity contribution in [3.63, 3.8) is 0 Å². The minimum atomic E-state index is -0.279. The van der Waals surface area contributed by atoms with Gasteiger partial charge in [0.2, 0.25) is 0 Å². The normalized spacial score (nSPS) is 10.5. The number of hydrogen-bond donors (Lipinski definition) is 3. The number of rotatable bonds is 5. The molecule has 0 aliphatic heterocycles. The van der Waals surface area contributed by atoms with E-state index in [0.29, 0.717) is 6.54 Å². The van der Waals surface area contributed by atoms with Gasteiger partial charge in [-0.25, -0.2) is 0 Å². The zero-order valence-electron chi connectivity index (χ0n) is 8.18. The molecule has 1 aromatic rings. The number of aliphatic hydroxyl groups excluding tert-OH is 1. The summed E-state index contributed by atoms with van der Waals surface area (Å²) in [7, 11) is 0. The Morgan fingerprint density at radius 3 is 2.80 bits per heavy atom. The van der Waals surface area contributed by atoms with Crippen LogP contribution in [0.25, 0.3) is 0 Å². The predicted molar refractivity (Wildman–Crippen MR) is 56.7 cm³/mol. The van der Waals surface area contributed by atoms with Crippen LogP contribution in [0.5, 0.6) is 5.75 Å². The summed E-state index contributed by atoms with van der Waals surface area (Å²) in [6.07, 6.45) is 2.76. The fraction of sp³-hybridized carbons (Fsp3) is 0.182. The smallest absolute Gasteiger partial charge is 0.190 e. The van der Waals surface area contributed by atoms with Gasteiger partial charge in [-0.3, -0.25) is 4.79 Å². The molecule has 0 spiro atoms. The summed E-state index contributed by atoms with van der Waals surface area (Å²) in [5.41, 5.74) is 0.263. The molecule has 80 valence electrons. The predicted octanol–water partition coefficient (Wildman–Crippen LogP) is 0.671. The number of benzene rings is 1. The summed E-state index contributed by atoms with van der Waals surface area (Å²) in [5, 5.41) is 20.6. The average Bonchev–Trinajstić information content (AvgIpc) is 2.25. The molecule has 15 heavy (non-hydrogen) atoms. The van der Waals surface area contributed by atoms with Crippen LogP contribution in [0.4, 0.5) is 0 Å². The molecule has 0 saturated carbocycles. The number of aliphatic hydroxyl groups is 1. The Balaban J connectivity index is 2.61. The quantitative estimate of drug-likeness (QED) is 0.377. The molecule has 0 fully saturated rings. The van der Waals surface area contributed by atoms with E-state index < -0.39 is 0 Å². The Kier molecular flexibility index (Phi) is 4.37. The number of para-hydroxylation sites is 1. The lowest BCUT2D eigenvalue weighted by molar-refractivity contribution is 0.104. The lowest BCUT2D eigenvalue weighted by Crippen LogP contribution is -2.11. The van der Waals surface area contributed by atoms with Crippen molar-refractivity contribution in [1.29, 1.82) is 0 Å². The maximum atomic E-state index is 11.5. The molecule has 1 rings (SSSR count). The van der Waals surface area contributed by atoms with Crippen LogP contribution in [-0.4, -0.2) is 29.1 Å². The first-order chi connectivity index (χ1) is 7.25. The van der Waals surface area contributed by atoms with Gasteiger partial charge in [-0.1, -0.05) is 12.1 Å². The molecular formula is C11H13NO3. The molecule has 0 heterocycles. The highest BCUT2D eigenvalue weighted by Gasteiger charge is 2.05. The Bertz CT molecular complexity index is 361. The first-order valence-electron chi connectivity index (χ1n) is 4.59. The van der Waals surface area contributed by atoms with Gasteiger partial charge in [-0.15, -0.1) is 0 Å². The summed E-state index contributed by atoms with van der Waals surface area (Å²) in [5.74, 6) is -0.312. The van der Waals surface area contributed by atoms with Crippen LogP contribution in [0.15, 0.2) is 36.5 Å². The van der Waals surface area contributed by atoms with Crippen LogP contribution in [0.1, 0.15) is 10.4 Å². The van der Waals surface area contributed by atoms with Crippen molar-refractivity contribution in [2.45, 2.75) is 0 Å². The summed E-state index contributed by atoms with van der Waals surface area (Å²) in [4.78, 5) is 11.5. The lowest BCUT2D eigenvalue weighted by atomic mass is 10.1. The van der Waals surface area contributed by atoms with Crippen molar-refractivity contribution in [3.05, 3.63) is 42.1 Å². The topological polar surface area (TPSA) is 69.6 Å². The van der Waals surface area contributed by atoms with E-state index in [1.807, 2.05) is 0 Å². The number of ketones is 1. The van der Waals surface area contributed by atoms with Crippen molar-refractivity contribution >= 4 is 5.78 Å². The summed E-state index contributed by atoms with van der Waals surface area (Å²) < 4.78 is 0. The molecule has 0 atom stereocenters. The van der Waals surface area contributed by atoms with E-state index in [1.54, 1.807) is 18.2 Å². The molecule has 0 radical (unpaired) electrons. The molecule has 0 saturated heterocycles. The van der Waals surface area contributed by atoms with Crippen molar-refractivity contribution in [1.82, 2.24) is 5.32 Å². The number of nitrogens with one attached hydrogen (secondary N) is 1. The van der Waals surface area contributed by atoms with E-state index >= 15 is 0 Å². The molecule has 0 aromatic heterocycles. The largest absolute Gasteiger partial charge is 0.507 e. The van der Waals surface area contributed by atoms with E-state index in [1.165, 1.54) is 18.3 Å². The maximum absolute atomic E-state index is 11.5. The van der Waals surface area contributed by atoms with Crippen molar-refractivity contribution in [3.8, 4) is 5.75 Å². The van der Waals surface area contributed by atoms with Crippen LogP contribution in [0.3, 0.4) is 0 Å². The van der Waals surface area contributed by atoms with E-state index in [9.17, 15) is 9.90 Å². The molecule has 4 heteroatoms. The third-order valence-electron chi connectivity index (χ3n) is 1.78. The number of carbonyl (C=O) groups excluding carboxylic acids is 1. The molecule has 0 bridgehead atoms. The first kappa shape index (κ1) is 11.3. The maximum Gasteiger partial charge on any atom is 0.190 e. The molecule has 4 nitrogen and oxygen atoms in total. The van der Waals surface area contributed by atoms with Gasteiger partial charge in [0.15, 0.2) is 5.78 Å². The van der Waals surface area contributed by atoms with E-state index in [-0.39, 0.29) is 23.7 Å². The summed E-state index contributed by atoms with van der Waals surface area (Å²) >= 11 is 0. The second kappa shape index (κ2) is 5.82. The Hall–Kier alpha value is -1.81. The number of phenols is 1. The van der Waals surface area contributed by atoms with Crippen LogP contribution in [-0.2, 0) is 0 Å². The molecule has 3 N–H and O–H groups in total. The number of carbonyl (C=O) groups is 1. The lowest BCUT2D eigenvalue weighted by Gasteiger charge is -1.99. The van der Waals surface area contributed by atoms with Crippen molar-refractivity contribution < 1.29 is 15.0 Å². The van der Waals surface area contributed by atoms with Gasteiger partial charge in [0, 0.05) is 18.8 Å². The van der Waals surface area contributed by atoms with Crippen LogP contribution >= 0.6 is 0 Å². The Morgan fingerprint density at radius 1 is 1.40 bits per heavy atom. The molecule has 1 aromatic carbocycles. The molecular weight excluding hydrogens is 194 g/mol. The minimum absolute atomic E-state index is 0.00905. The van der Waals surface area contributed by atoms with E-state index in [2.05, 4.69) is 5.32 Å². The van der Waals surface area contributed by atoms with Crippen molar-refractivity contribution in [2.75, 3.05) is 13.2 Å². The monoisotopic (exact) mass is 207 g/mol. The Morgan fingerprint density at radius 2 is 2.13 bits per heavy atom. The standard InChI is InChI=1S/C11H13NO3/c13-8-7-12-6-5-11(15)9-3-1-2-4-10(9)14/h1-6,12-14H,7-8H2. The summed E-state index contributed by atoms with van der Waals surface area (Å²) in [6, 6.07) is 6.35. The molecule has 0 aliphatic carbocycles. The Labute approximate surface area is 87.9 Å². The second-order valence-corrected chi connectivity index (χ2v) is 2.89. The van der Waals surface area contributed by atoms with Gasteiger partial charge >= 0.3 is 0 Å². The molecule has 0 aliphatic rings. The summed E-state index contributed by atoms with van der Waals surface area (Å²) in [6.45, 7) is 0.402. The van der Waals surface area contributed by atoms with Crippen LogP contribution in [0, 0.1) is 0 Å². The highest BCUT2D eigenvalue weighted by molar-refractivity contribution is 6.06. The van der Waals surface area contributed by atoms with Crippen LogP contribution in [0.2, 0.25) is 0 Å². The SMILES string of the molecule is O=C(C=CNCCO)c1ccccc1O. The van der Waals surface area contributed by atoms with Gasteiger partial charge in [0.1, 0.15) is 5.75 Å². The first-order valence-corrected chi connectivity index (χ1v) is 4.59. The van der Waals surface area contributed by atoms with Crippen LogP contribution < -0.4 is 5.32 Å². The van der Waals surface area contributed by atoms with Gasteiger partial charge in [-0.2, -0.15) is 0 Å². The zero-order chi connectivity index (χ0) is 11.1. The fourth-order valence-corrected chi connectivity index (χ4v) is 1.05. The highest BCUT2D eigenvalue weighted by atomic mass is 16.3. The third-order valence-corrected chi connectivity index (χ3v) is 1.78. The van der Waals surface area contributed by atoms with E-state index in [0.717, 1.165) is 0 Å². The zero-order valence-corrected chi connectivity index (χ0v) is 8.18. The van der Waals surface area contributed by atoms with Gasteiger partial charge in [0.05, 0.1) is 12.2 Å². The highest BCUT2D eigenvalue weighted by Crippen LogP contribution is 2.16.